The molecule has 0 amide bonds. The van der Waals surface area contributed by atoms with Gasteiger partial charge in [0.25, 0.3) is 5.56 Å². The largest absolute Gasteiger partial charge is 0.515 e. The second-order valence-corrected chi connectivity index (χ2v) is 9.27. The Kier molecular flexibility index (Phi) is 6.79. The van der Waals surface area contributed by atoms with Crippen LogP contribution in [0.1, 0.15) is 41.0 Å². The van der Waals surface area contributed by atoms with Crippen LogP contribution in [-0.2, 0) is 18.8 Å². The van der Waals surface area contributed by atoms with Gasteiger partial charge in [0, 0.05) is 24.7 Å². The third-order valence-corrected chi connectivity index (χ3v) is 6.15. The molecule has 192 valence electrons. The van der Waals surface area contributed by atoms with Gasteiger partial charge in [-0.2, -0.15) is 5.10 Å². The summed E-state index contributed by atoms with van der Waals surface area (Å²) in [5.41, 5.74) is 0.465. The minimum Gasteiger partial charge on any atom is -0.431 e. The molecule has 37 heavy (non-hydrogen) atoms. The van der Waals surface area contributed by atoms with Crippen molar-refractivity contribution in [1.82, 2.24) is 18.9 Å². The lowest BCUT2D eigenvalue weighted by atomic mass is 9.96. The van der Waals surface area contributed by atoms with Gasteiger partial charge >= 0.3 is 11.8 Å². The number of ketones is 1. The van der Waals surface area contributed by atoms with Gasteiger partial charge in [-0.1, -0.05) is 17.7 Å². The number of aryl methyl sites for hydroxylation is 4. The minimum absolute atomic E-state index is 0.0608. The van der Waals surface area contributed by atoms with Gasteiger partial charge in [0.1, 0.15) is 5.56 Å². The first-order chi connectivity index (χ1) is 17.4. The number of halogens is 1. The molecule has 0 N–H and O–H groups in total. The first-order valence-electron chi connectivity index (χ1n) is 11.4. The number of ether oxygens (including phenoxy) is 2. The maximum Gasteiger partial charge on any atom is 0.515 e. The molecule has 2 heterocycles. The molecule has 11 heteroatoms. The van der Waals surface area contributed by atoms with Crippen LogP contribution in [0, 0.1) is 13.8 Å². The van der Waals surface area contributed by atoms with Gasteiger partial charge in [0.2, 0.25) is 11.7 Å². The van der Waals surface area contributed by atoms with Crippen LogP contribution in [0.25, 0.3) is 16.6 Å². The number of hydrogen-bond acceptors (Lipinski definition) is 7. The lowest BCUT2D eigenvalue weighted by Crippen LogP contribution is -2.38. The van der Waals surface area contributed by atoms with E-state index >= 15 is 0 Å². The summed E-state index contributed by atoms with van der Waals surface area (Å²) >= 11 is 6.10. The Balaban J connectivity index is 1.92. The summed E-state index contributed by atoms with van der Waals surface area (Å²) in [7, 11) is 3.08. The zero-order valence-corrected chi connectivity index (χ0v) is 21.9. The molecule has 0 unspecified atom stereocenters. The van der Waals surface area contributed by atoms with Gasteiger partial charge < -0.3 is 9.47 Å². The van der Waals surface area contributed by atoms with Crippen LogP contribution >= 0.6 is 11.6 Å². The van der Waals surface area contributed by atoms with E-state index in [0.717, 1.165) is 4.57 Å². The first kappa shape index (κ1) is 25.9. The van der Waals surface area contributed by atoms with E-state index in [1.54, 1.807) is 59.0 Å². The van der Waals surface area contributed by atoms with Crippen LogP contribution in [0.2, 0.25) is 5.02 Å². The summed E-state index contributed by atoms with van der Waals surface area (Å²) in [6, 6.07) is 9.46. The van der Waals surface area contributed by atoms with Crippen molar-refractivity contribution in [2.75, 3.05) is 0 Å². The third-order valence-electron chi connectivity index (χ3n) is 5.92. The number of nitrogens with zero attached hydrogens (tertiary/aromatic N) is 4. The van der Waals surface area contributed by atoms with E-state index < -0.39 is 29.3 Å². The number of aromatic nitrogens is 4. The number of carbonyl (C=O) groups is 2. The van der Waals surface area contributed by atoms with E-state index in [2.05, 4.69) is 5.10 Å². The van der Waals surface area contributed by atoms with E-state index in [1.165, 1.54) is 28.4 Å². The fourth-order valence-corrected chi connectivity index (χ4v) is 4.42. The van der Waals surface area contributed by atoms with Crippen molar-refractivity contribution in [1.29, 1.82) is 0 Å². The average molecular weight is 525 g/mol. The van der Waals surface area contributed by atoms with E-state index in [0.29, 0.717) is 27.5 Å². The monoisotopic (exact) mass is 524 g/mol. The molecular weight excluding hydrogens is 500 g/mol. The molecule has 0 fully saturated rings. The Morgan fingerprint density at radius 3 is 2.41 bits per heavy atom. The summed E-state index contributed by atoms with van der Waals surface area (Å²) in [5, 5.41) is 4.78. The molecule has 0 bridgehead atoms. The molecule has 0 spiro atoms. The number of rotatable bonds is 5. The van der Waals surface area contributed by atoms with E-state index in [1.807, 2.05) is 0 Å². The average Bonchev–Trinajstić information content (AvgIpc) is 3.08. The summed E-state index contributed by atoms with van der Waals surface area (Å²) in [4.78, 5) is 52.6. The highest BCUT2D eigenvalue weighted by Crippen LogP contribution is 2.28. The summed E-state index contributed by atoms with van der Waals surface area (Å²) in [6.07, 6.45) is -1.39. The SMILES string of the molecule is Cc1nn(C)c(OC(=O)OC(C)C)c1C(=O)c1ccc2c(c1C)c(=O)n(-c1cccc(Cl)c1)c(=O)n2C. The Labute approximate surface area is 216 Å². The highest BCUT2D eigenvalue weighted by Gasteiger charge is 2.28. The van der Waals surface area contributed by atoms with E-state index in [4.69, 9.17) is 21.1 Å². The van der Waals surface area contributed by atoms with Crippen molar-refractivity contribution in [3.8, 4) is 11.6 Å². The molecule has 0 aliphatic heterocycles. The van der Waals surface area contributed by atoms with Crippen molar-refractivity contribution >= 4 is 34.4 Å². The molecule has 4 rings (SSSR count). The Bertz CT molecular complexity index is 1700. The van der Waals surface area contributed by atoms with Gasteiger partial charge in [-0.05, 0) is 63.6 Å². The van der Waals surface area contributed by atoms with Gasteiger partial charge in [0.15, 0.2) is 0 Å². The smallest absolute Gasteiger partial charge is 0.431 e. The van der Waals surface area contributed by atoms with Crippen LogP contribution in [0.15, 0.2) is 46.0 Å². The molecule has 0 radical (unpaired) electrons. The molecule has 0 aliphatic rings. The Morgan fingerprint density at radius 1 is 1.05 bits per heavy atom. The van der Waals surface area contributed by atoms with Gasteiger partial charge in [-0.3, -0.25) is 14.2 Å². The number of fused-ring (bicyclic) bond motifs is 1. The molecule has 10 nitrogen and oxygen atoms in total. The van der Waals surface area contributed by atoms with Gasteiger partial charge in [0.05, 0.1) is 28.4 Å². The molecule has 2 aromatic heterocycles. The third kappa shape index (κ3) is 4.55. The van der Waals surface area contributed by atoms with Gasteiger partial charge in [-0.15, -0.1) is 0 Å². The summed E-state index contributed by atoms with van der Waals surface area (Å²) in [6.45, 7) is 6.58. The number of carbonyl (C=O) groups excluding carboxylic acids is 2. The number of benzene rings is 2. The molecule has 0 saturated carbocycles. The predicted molar refractivity (Wildman–Crippen MR) is 138 cm³/mol. The van der Waals surface area contributed by atoms with E-state index in [-0.39, 0.29) is 22.4 Å². The molecule has 0 aliphatic carbocycles. The molecular formula is C26H25ClN4O6. The zero-order chi connectivity index (χ0) is 27.2. The standard InChI is InChI=1S/C26H25ClN4O6/c1-13(2)36-26(35)37-24-21(15(4)28-30(24)6)22(32)18-10-11-19-20(14(18)3)23(33)31(25(34)29(19)5)17-9-7-8-16(27)12-17/h7-13H,1-6H3. The predicted octanol–water partition coefficient (Wildman–Crippen LogP) is 3.85. The lowest BCUT2D eigenvalue weighted by molar-refractivity contribution is 0.0699. The molecule has 0 saturated heterocycles. The molecule has 2 aromatic carbocycles. The van der Waals surface area contributed by atoms with Crippen LogP contribution in [0.5, 0.6) is 5.88 Å². The summed E-state index contributed by atoms with van der Waals surface area (Å²) < 4.78 is 14.0. The van der Waals surface area contributed by atoms with Crippen LogP contribution in [-0.4, -0.2) is 37.0 Å². The topological polar surface area (TPSA) is 114 Å². The van der Waals surface area contributed by atoms with Crippen molar-refractivity contribution in [3.63, 3.8) is 0 Å². The second kappa shape index (κ2) is 9.70. The zero-order valence-electron chi connectivity index (χ0n) is 21.2. The van der Waals surface area contributed by atoms with Crippen LogP contribution in [0.4, 0.5) is 4.79 Å². The van der Waals surface area contributed by atoms with Crippen molar-refractivity contribution in [2.45, 2.75) is 33.8 Å². The fourth-order valence-electron chi connectivity index (χ4n) is 4.23. The Hall–Kier alpha value is -4.18. The van der Waals surface area contributed by atoms with Crippen LogP contribution < -0.4 is 16.0 Å². The highest BCUT2D eigenvalue weighted by atomic mass is 35.5. The molecule has 4 aromatic rings. The quantitative estimate of drug-likeness (QED) is 0.288. The fraction of sp³-hybridized carbons (Fsp3) is 0.269. The van der Waals surface area contributed by atoms with E-state index in [9.17, 15) is 19.2 Å². The first-order valence-corrected chi connectivity index (χ1v) is 11.8. The van der Waals surface area contributed by atoms with Crippen molar-refractivity contribution in [2.24, 2.45) is 14.1 Å². The minimum atomic E-state index is -0.971. The van der Waals surface area contributed by atoms with Crippen molar-refractivity contribution < 1.29 is 19.1 Å². The maximum absolute atomic E-state index is 13.8. The maximum atomic E-state index is 13.8. The van der Waals surface area contributed by atoms with Gasteiger partial charge in [-0.25, -0.2) is 18.8 Å². The lowest BCUT2D eigenvalue weighted by Gasteiger charge is -2.15. The Morgan fingerprint density at radius 2 is 1.76 bits per heavy atom. The highest BCUT2D eigenvalue weighted by molar-refractivity contribution is 6.30. The normalized spacial score (nSPS) is 11.2. The number of hydrogen-bond donors (Lipinski definition) is 0. The summed E-state index contributed by atoms with van der Waals surface area (Å²) in [5.74, 6) is -0.579. The molecule has 0 atom stereocenters. The second-order valence-electron chi connectivity index (χ2n) is 8.83. The van der Waals surface area contributed by atoms with Crippen molar-refractivity contribution in [3.05, 3.63) is 84.6 Å². The van der Waals surface area contributed by atoms with Crippen LogP contribution in [0.3, 0.4) is 0 Å².